The quantitative estimate of drug-likeness (QED) is 0.564. The Kier molecular flexibility index (Phi) is 1.89. The second-order valence-electron chi connectivity index (χ2n) is 5.16. The molecule has 0 aromatic carbocycles. The van der Waals surface area contributed by atoms with Crippen molar-refractivity contribution in [2.24, 2.45) is 11.8 Å². The van der Waals surface area contributed by atoms with E-state index in [1.54, 1.807) is 0 Å². The molecule has 0 spiro atoms. The van der Waals surface area contributed by atoms with Crippen molar-refractivity contribution >= 4 is 5.97 Å². The maximum atomic E-state index is 11.2. The monoisotopic (exact) mass is 212 g/mol. The third-order valence-electron chi connectivity index (χ3n) is 3.71. The van der Waals surface area contributed by atoms with E-state index < -0.39 is 5.79 Å². The summed E-state index contributed by atoms with van der Waals surface area (Å²) in [6, 6.07) is 0. The van der Waals surface area contributed by atoms with Crippen LogP contribution in [0, 0.1) is 11.8 Å². The lowest BCUT2D eigenvalue weighted by Crippen LogP contribution is -2.44. The maximum Gasteiger partial charge on any atom is 0.306 e. The Bertz CT molecular complexity index is 299. The first-order valence-corrected chi connectivity index (χ1v) is 5.56. The summed E-state index contributed by atoms with van der Waals surface area (Å²) in [5.41, 5.74) is 0. The third kappa shape index (κ3) is 1.47. The Morgan fingerprint density at radius 3 is 2.87 bits per heavy atom. The Labute approximate surface area is 88.9 Å². The molecule has 2 saturated heterocycles. The molecule has 0 aromatic rings. The number of esters is 1. The molecule has 0 amide bonds. The van der Waals surface area contributed by atoms with E-state index in [2.05, 4.69) is 0 Å². The van der Waals surface area contributed by atoms with E-state index in [4.69, 9.17) is 14.2 Å². The molecule has 0 N–H and O–H groups in total. The largest absolute Gasteiger partial charge is 0.462 e. The van der Waals surface area contributed by atoms with Crippen molar-refractivity contribution in [1.82, 2.24) is 0 Å². The molecule has 84 valence electrons. The first-order valence-electron chi connectivity index (χ1n) is 5.56. The van der Waals surface area contributed by atoms with Crippen molar-refractivity contribution in [1.29, 1.82) is 0 Å². The van der Waals surface area contributed by atoms with E-state index in [-0.39, 0.29) is 18.2 Å². The molecule has 4 nitrogen and oxygen atoms in total. The van der Waals surface area contributed by atoms with Gasteiger partial charge >= 0.3 is 5.97 Å². The number of fused-ring (bicyclic) bond motifs is 3. The van der Waals surface area contributed by atoms with Gasteiger partial charge in [-0.05, 0) is 13.8 Å². The molecule has 3 fully saturated rings. The first kappa shape index (κ1) is 9.60. The van der Waals surface area contributed by atoms with E-state index in [0.717, 1.165) is 6.42 Å². The normalized spacial score (nSPS) is 47.2. The zero-order chi connectivity index (χ0) is 10.6. The van der Waals surface area contributed by atoms with Gasteiger partial charge in [0.2, 0.25) is 0 Å². The van der Waals surface area contributed by atoms with Crippen LogP contribution in [0.25, 0.3) is 0 Å². The van der Waals surface area contributed by atoms with Crippen LogP contribution < -0.4 is 0 Å². The molecule has 3 rings (SSSR count). The lowest BCUT2D eigenvalue weighted by atomic mass is 9.92. The number of carbonyl (C=O) groups is 1. The van der Waals surface area contributed by atoms with E-state index >= 15 is 0 Å². The lowest BCUT2D eigenvalue weighted by Gasteiger charge is -2.39. The zero-order valence-corrected chi connectivity index (χ0v) is 9.06. The highest BCUT2D eigenvalue weighted by molar-refractivity contribution is 5.72. The molecule has 4 unspecified atom stereocenters. The summed E-state index contributed by atoms with van der Waals surface area (Å²) in [5.74, 6) is 0.116. The van der Waals surface area contributed by atoms with Gasteiger partial charge in [0.1, 0.15) is 6.10 Å². The van der Waals surface area contributed by atoms with Gasteiger partial charge in [0.25, 0.3) is 0 Å². The summed E-state index contributed by atoms with van der Waals surface area (Å²) in [4.78, 5) is 11.2. The number of rotatable bonds is 0. The lowest BCUT2D eigenvalue weighted by molar-refractivity contribution is -0.290. The van der Waals surface area contributed by atoms with Crippen LogP contribution in [0.15, 0.2) is 0 Å². The van der Waals surface area contributed by atoms with Gasteiger partial charge in [0.15, 0.2) is 5.79 Å². The molecule has 1 aliphatic carbocycles. The van der Waals surface area contributed by atoms with Gasteiger partial charge < -0.3 is 14.2 Å². The van der Waals surface area contributed by atoms with Crippen LogP contribution in [-0.4, -0.2) is 30.6 Å². The van der Waals surface area contributed by atoms with Crippen molar-refractivity contribution in [2.75, 3.05) is 6.61 Å². The van der Waals surface area contributed by atoms with Gasteiger partial charge in [0, 0.05) is 18.3 Å². The third-order valence-corrected chi connectivity index (χ3v) is 3.71. The van der Waals surface area contributed by atoms with E-state index in [0.29, 0.717) is 24.9 Å². The predicted molar refractivity (Wildman–Crippen MR) is 51.0 cm³/mol. The molecule has 4 heteroatoms. The van der Waals surface area contributed by atoms with Crippen molar-refractivity contribution in [3.05, 3.63) is 0 Å². The summed E-state index contributed by atoms with van der Waals surface area (Å²) in [7, 11) is 0. The molecular formula is C11H16O4. The molecule has 2 heterocycles. The minimum atomic E-state index is -0.482. The summed E-state index contributed by atoms with van der Waals surface area (Å²) in [6.07, 6.45) is 1.66. The number of ether oxygens (including phenoxy) is 3. The van der Waals surface area contributed by atoms with Crippen molar-refractivity contribution in [3.63, 3.8) is 0 Å². The van der Waals surface area contributed by atoms with Gasteiger partial charge in [0.05, 0.1) is 19.1 Å². The van der Waals surface area contributed by atoms with Gasteiger partial charge in [-0.15, -0.1) is 0 Å². The van der Waals surface area contributed by atoms with Crippen molar-refractivity contribution in [3.8, 4) is 0 Å². The van der Waals surface area contributed by atoms with Crippen LogP contribution in [-0.2, 0) is 19.0 Å². The summed E-state index contributed by atoms with van der Waals surface area (Å²) >= 11 is 0. The Hall–Kier alpha value is -0.610. The van der Waals surface area contributed by atoms with E-state index in [9.17, 15) is 4.79 Å². The fourth-order valence-electron chi connectivity index (χ4n) is 3.02. The molecule has 1 saturated carbocycles. The van der Waals surface area contributed by atoms with Crippen LogP contribution in [0.1, 0.15) is 26.7 Å². The molecule has 15 heavy (non-hydrogen) atoms. The molecule has 0 bridgehead atoms. The number of hydrogen-bond acceptors (Lipinski definition) is 4. The summed E-state index contributed by atoms with van der Waals surface area (Å²) < 4.78 is 16.8. The Morgan fingerprint density at radius 2 is 2.07 bits per heavy atom. The van der Waals surface area contributed by atoms with Crippen LogP contribution >= 0.6 is 0 Å². The highest BCUT2D eigenvalue weighted by atomic mass is 16.7. The molecule has 3 aliphatic rings. The van der Waals surface area contributed by atoms with E-state index in [1.165, 1.54) is 0 Å². The van der Waals surface area contributed by atoms with Crippen LogP contribution in [0.3, 0.4) is 0 Å². The van der Waals surface area contributed by atoms with Crippen molar-refractivity contribution < 1.29 is 19.0 Å². The van der Waals surface area contributed by atoms with Gasteiger partial charge in [-0.2, -0.15) is 0 Å². The molecule has 0 radical (unpaired) electrons. The average molecular weight is 212 g/mol. The summed E-state index contributed by atoms with van der Waals surface area (Å²) in [5, 5.41) is 0. The highest BCUT2D eigenvalue weighted by Crippen LogP contribution is 2.46. The smallest absolute Gasteiger partial charge is 0.306 e. The first-order chi connectivity index (χ1) is 7.05. The average Bonchev–Trinajstić information content (AvgIpc) is 2.57. The van der Waals surface area contributed by atoms with E-state index in [1.807, 2.05) is 13.8 Å². The maximum absolute atomic E-state index is 11.2. The fourth-order valence-corrected chi connectivity index (χ4v) is 3.02. The van der Waals surface area contributed by atoms with Crippen molar-refractivity contribution in [2.45, 2.75) is 44.7 Å². The Balaban J connectivity index is 1.77. The molecular weight excluding hydrogens is 196 g/mol. The standard InChI is InChI=1S/C11H16O4/c1-11(2)13-5-7-6-3-10(12)14-8(6)4-9(7)15-11/h6-9H,3-5H2,1-2H3. The zero-order valence-electron chi connectivity index (χ0n) is 9.06. The minimum absolute atomic E-state index is 0.0618. The Morgan fingerprint density at radius 1 is 1.27 bits per heavy atom. The second kappa shape index (κ2) is 2.95. The highest BCUT2D eigenvalue weighted by Gasteiger charge is 2.54. The molecule has 4 atom stereocenters. The second-order valence-corrected chi connectivity index (χ2v) is 5.16. The number of carbonyl (C=O) groups excluding carboxylic acids is 1. The number of hydrogen-bond donors (Lipinski definition) is 0. The van der Waals surface area contributed by atoms with Crippen LogP contribution in [0.4, 0.5) is 0 Å². The molecule has 2 aliphatic heterocycles. The molecule has 0 aromatic heterocycles. The summed E-state index contributed by atoms with van der Waals surface area (Å²) in [6.45, 7) is 4.56. The fraction of sp³-hybridized carbons (Fsp3) is 0.909. The predicted octanol–water partition coefficient (Wildman–Crippen LogP) is 1.09. The topological polar surface area (TPSA) is 44.8 Å². The minimum Gasteiger partial charge on any atom is -0.462 e. The van der Waals surface area contributed by atoms with Gasteiger partial charge in [-0.3, -0.25) is 4.79 Å². The van der Waals surface area contributed by atoms with Crippen LogP contribution in [0.2, 0.25) is 0 Å². The van der Waals surface area contributed by atoms with Gasteiger partial charge in [-0.25, -0.2) is 0 Å². The SMILES string of the molecule is CC1(C)OCC2C(CC3OC(=O)CC32)O1. The van der Waals surface area contributed by atoms with Gasteiger partial charge in [-0.1, -0.05) is 0 Å². The van der Waals surface area contributed by atoms with Crippen LogP contribution in [0.5, 0.6) is 0 Å².